The predicted molar refractivity (Wildman–Crippen MR) is 68.6 cm³/mol. The molecule has 0 aromatic heterocycles. The van der Waals surface area contributed by atoms with Gasteiger partial charge in [-0.25, -0.2) is 9.80 Å². The maximum absolute atomic E-state index is 12.1. The zero-order valence-corrected chi connectivity index (χ0v) is 11.6. The Kier molecular flexibility index (Phi) is 3.12. The van der Waals surface area contributed by atoms with Gasteiger partial charge in [0.25, 0.3) is 0 Å². The van der Waals surface area contributed by atoms with Crippen molar-refractivity contribution in [3.63, 3.8) is 0 Å². The number of carbonyl (C=O) groups excluding carboxylic acids is 3. The van der Waals surface area contributed by atoms with Gasteiger partial charge in [0.05, 0.1) is 5.92 Å². The van der Waals surface area contributed by atoms with Crippen molar-refractivity contribution in [1.82, 2.24) is 15.8 Å². The molecule has 0 spiro atoms. The van der Waals surface area contributed by atoms with Gasteiger partial charge in [-0.1, -0.05) is 25.5 Å². The molecule has 1 aliphatic heterocycles. The monoisotopic (exact) mass is 265 g/mol. The first-order valence-corrected chi connectivity index (χ1v) is 6.30. The summed E-state index contributed by atoms with van der Waals surface area (Å²) in [6.45, 7) is 7.92. The van der Waals surface area contributed by atoms with Gasteiger partial charge in [0.15, 0.2) is 0 Å². The van der Waals surface area contributed by atoms with Gasteiger partial charge in [0.2, 0.25) is 11.8 Å². The lowest BCUT2D eigenvalue weighted by molar-refractivity contribution is -0.127. The van der Waals surface area contributed by atoms with E-state index >= 15 is 0 Å². The summed E-state index contributed by atoms with van der Waals surface area (Å²) in [4.78, 5) is 34.5. The van der Waals surface area contributed by atoms with E-state index in [0.29, 0.717) is 0 Å². The standard InChI is InChI=1S/C13H19N3O3/c1-7(2)5-8-10(13(8,3)4)11(18)15-16-6-9(17)14-12(16)19/h5,8,10H,6H2,1-4H3,(H,15,18)(H,14,17,19). The topological polar surface area (TPSA) is 78.5 Å². The summed E-state index contributed by atoms with van der Waals surface area (Å²) in [6.07, 6.45) is 2.08. The summed E-state index contributed by atoms with van der Waals surface area (Å²) in [5, 5.41) is 3.14. The minimum Gasteiger partial charge on any atom is -0.275 e. The lowest BCUT2D eigenvalue weighted by Gasteiger charge is -2.14. The second-order valence-corrected chi connectivity index (χ2v) is 5.98. The quantitative estimate of drug-likeness (QED) is 0.585. The molecule has 1 saturated carbocycles. The third kappa shape index (κ3) is 2.47. The summed E-state index contributed by atoms with van der Waals surface area (Å²) < 4.78 is 0. The Morgan fingerprint density at radius 2 is 2.05 bits per heavy atom. The van der Waals surface area contributed by atoms with Crippen LogP contribution in [0.5, 0.6) is 0 Å². The second kappa shape index (κ2) is 4.36. The fourth-order valence-electron chi connectivity index (χ4n) is 2.58. The zero-order valence-electron chi connectivity index (χ0n) is 11.6. The molecule has 0 radical (unpaired) electrons. The first-order chi connectivity index (χ1) is 8.73. The highest BCUT2D eigenvalue weighted by Gasteiger charge is 2.60. The number of rotatable bonds is 3. The van der Waals surface area contributed by atoms with E-state index in [9.17, 15) is 14.4 Å². The van der Waals surface area contributed by atoms with E-state index in [0.717, 1.165) is 5.01 Å². The first-order valence-electron chi connectivity index (χ1n) is 6.30. The van der Waals surface area contributed by atoms with Crippen molar-refractivity contribution < 1.29 is 14.4 Å². The molecule has 2 unspecified atom stereocenters. The molecule has 1 aliphatic carbocycles. The maximum atomic E-state index is 12.1. The molecule has 1 saturated heterocycles. The molecule has 2 aliphatic rings. The van der Waals surface area contributed by atoms with E-state index < -0.39 is 11.9 Å². The van der Waals surface area contributed by atoms with E-state index in [1.165, 1.54) is 5.57 Å². The van der Waals surface area contributed by atoms with Crippen LogP contribution >= 0.6 is 0 Å². The van der Waals surface area contributed by atoms with Gasteiger partial charge in [0.1, 0.15) is 6.54 Å². The molecule has 1 heterocycles. The van der Waals surface area contributed by atoms with Gasteiger partial charge in [-0.15, -0.1) is 0 Å². The SMILES string of the molecule is CC(C)=CC1C(C(=O)NN2CC(=O)NC2=O)C1(C)C. The number of hydrogen-bond acceptors (Lipinski definition) is 3. The lowest BCUT2D eigenvalue weighted by atomic mass is 10.1. The van der Waals surface area contributed by atoms with Crippen LogP contribution in [0.4, 0.5) is 4.79 Å². The van der Waals surface area contributed by atoms with E-state index in [4.69, 9.17) is 0 Å². The molecule has 19 heavy (non-hydrogen) atoms. The van der Waals surface area contributed by atoms with Crippen LogP contribution < -0.4 is 10.7 Å². The third-order valence-electron chi connectivity index (χ3n) is 3.74. The van der Waals surface area contributed by atoms with Crippen molar-refractivity contribution in [2.24, 2.45) is 17.3 Å². The van der Waals surface area contributed by atoms with Crippen molar-refractivity contribution in [1.29, 1.82) is 0 Å². The van der Waals surface area contributed by atoms with Crippen molar-refractivity contribution in [3.05, 3.63) is 11.6 Å². The van der Waals surface area contributed by atoms with Crippen molar-refractivity contribution in [2.75, 3.05) is 6.54 Å². The number of hydrazine groups is 1. The molecule has 2 N–H and O–H groups in total. The fourth-order valence-corrected chi connectivity index (χ4v) is 2.58. The van der Waals surface area contributed by atoms with Crippen LogP contribution in [0.1, 0.15) is 27.7 Å². The van der Waals surface area contributed by atoms with Crippen molar-refractivity contribution in [2.45, 2.75) is 27.7 Å². The zero-order chi connectivity index (χ0) is 14.4. The molecule has 0 aromatic carbocycles. The Hall–Kier alpha value is -1.85. The van der Waals surface area contributed by atoms with E-state index in [1.807, 2.05) is 27.7 Å². The molecule has 104 valence electrons. The Bertz CT molecular complexity index is 478. The number of hydrogen-bond donors (Lipinski definition) is 2. The number of imide groups is 1. The molecule has 2 atom stereocenters. The van der Waals surface area contributed by atoms with Gasteiger partial charge >= 0.3 is 6.03 Å². The lowest BCUT2D eigenvalue weighted by Crippen LogP contribution is -2.45. The number of urea groups is 1. The number of nitrogens with zero attached hydrogens (tertiary/aromatic N) is 1. The summed E-state index contributed by atoms with van der Waals surface area (Å²) >= 11 is 0. The van der Waals surface area contributed by atoms with Gasteiger partial charge in [-0.05, 0) is 25.2 Å². The van der Waals surface area contributed by atoms with Crippen LogP contribution in [0.15, 0.2) is 11.6 Å². The number of nitrogens with one attached hydrogen (secondary N) is 2. The number of carbonyl (C=O) groups is 3. The second-order valence-electron chi connectivity index (χ2n) is 5.98. The Morgan fingerprint density at radius 3 is 2.53 bits per heavy atom. The molecule has 0 bridgehead atoms. The van der Waals surface area contributed by atoms with Crippen LogP contribution in [0, 0.1) is 17.3 Å². The van der Waals surface area contributed by atoms with Gasteiger partial charge in [-0.3, -0.25) is 20.3 Å². The van der Waals surface area contributed by atoms with Crippen molar-refractivity contribution in [3.8, 4) is 0 Å². The third-order valence-corrected chi connectivity index (χ3v) is 3.74. The molecule has 6 heteroatoms. The minimum atomic E-state index is -0.574. The highest BCUT2D eigenvalue weighted by atomic mass is 16.2. The molecule has 2 rings (SSSR count). The van der Waals surface area contributed by atoms with Crippen LogP contribution in [0.3, 0.4) is 0 Å². The van der Waals surface area contributed by atoms with E-state index in [-0.39, 0.29) is 29.7 Å². The van der Waals surface area contributed by atoms with E-state index in [1.54, 1.807) is 0 Å². The maximum Gasteiger partial charge on any atom is 0.343 e. The first kappa shape index (κ1) is 13.6. The molecule has 0 aromatic rings. The van der Waals surface area contributed by atoms with Crippen molar-refractivity contribution >= 4 is 17.8 Å². The minimum absolute atomic E-state index is 0.110. The Labute approximate surface area is 112 Å². The molecule has 2 fully saturated rings. The van der Waals surface area contributed by atoms with Crippen LogP contribution in [0.2, 0.25) is 0 Å². The fraction of sp³-hybridized carbons (Fsp3) is 0.615. The highest BCUT2D eigenvalue weighted by Crippen LogP contribution is 2.59. The summed E-state index contributed by atoms with van der Waals surface area (Å²) in [5.74, 6) is -0.594. The summed E-state index contributed by atoms with van der Waals surface area (Å²) in [5.41, 5.74) is 3.57. The van der Waals surface area contributed by atoms with Crippen LogP contribution in [0.25, 0.3) is 0 Å². The highest BCUT2D eigenvalue weighted by molar-refractivity contribution is 6.02. The molecule has 4 amide bonds. The number of amides is 4. The van der Waals surface area contributed by atoms with Gasteiger partial charge in [-0.2, -0.15) is 0 Å². The molecule has 6 nitrogen and oxygen atoms in total. The number of allylic oxidation sites excluding steroid dienone is 2. The largest absolute Gasteiger partial charge is 0.343 e. The van der Waals surface area contributed by atoms with Gasteiger partial charge < -0.3 is 0 Å². The normalized spacial score (nSPS) is 27.9. The van der Waals surface area contributed by atoms with Crippen LogP contribution in [-0.4, -0.2) is 29.4 Å². The average molecular weight is 265 g/mol. The Balaban J connectivity index is 2.00. The predicted octanol–water partition coefficient (Wildman–Crippen LogP) is 0.808. The van der Waals surface area contributed by atoms with Crippen LogP contribution in [-0.2, 0) is 9.59 Å². The van der Waals surface area contributed by atoms with Gasteiger partial charge in [0, 0.05) is 0 Å². The summed E-state index contributed by atoms with van der Waals surface area (Å²) in [7, 11) is 0. The molecular formula is C13H19N3O3. The van der Waals surface area contributed by atoms with E-state index in [2.05, 4.69) is 16.8 Å². The average Bonchev–Trinajstić information content (AvgIpc) is 2.60. The summed E-state index contributed by atoms with van der Waals surface area (Å²) in [6, 6.07) is -0.574. The molecular weight excluding hydrogens is 246 g/mol. The Morgan fingerprint density at radius 1 is 1.42 bits per heavy atom. The smallest absolute Gasteiger partial charge is 0.275 e.